The summed E-state index contributed by atoms with van der Waals surface area (Å²) in [5.41, 5.74) is 14.4. The first-order valence-corrected chi connectivity index (χ1v) is 12.5. The molecular weight excluding hydrogens is 364 g/mol. The molecule has 2 atom stereocenters. The van der Waals surface area contributed by atoms with Gasteiger partial charge in [0.1, 0.15) is 0 Å². The van der Waals surface area contributed by atoms with E-state index in [1.54, 1.807) is 32.3 Å². The highest BCUT2D eigenvalue weighted by Crippen LogP contribution is 2.64. The van der Waals surface area contributed by atoms with Crippen molar-refractivity contribution in [3.8, 4) is 11.1 Å². The first-order valence-electron chi connectivity index (χ1n) is 11.3. The Labute approximate surface area is 178 Å². The lowest BCUT2D eigenvalue weighted by atomic mass is 9.78. The van der Waals surface area contributed by atoms with Crippen molar-refractivity contribution in [1.29, 1.82) is 0 Å². The molecule has 0 spiro atoms. The molecule has 0 saturated heterocycles. The van der Waals surface area contributed by atoms with Gasteiger partial charge in [-0.3, -0.25) is 0 Å². The van der Waals surface area contributed by atoms with Gasteiger partial charge in [-0.25, -0.2) is 0 Å². The maximum Gasteiger partial charge on any atom is 0.0326 e. The van der Waals surface area contributed by atoms with Crippen molar-refractivity contribution >= 4 is 14.7 Å². The SMILES string of the molecule is Cc1c2c3c(-c4cc(C(C)(C)C)cc(C(C)(C)C)c4)c4c1=[SiH]C(C(C)(C)C)C=4C23. The predicted molar refractivity (Wildman–Crippen MR) is 128 cm³/mol. The van der Waals surface area contributed by atoms with E-state index in [9.17, 15) is 0 Å². The summed E-state index contributed by atoms with van der Waals surface area (Å²) in [6, 6.07) is 7.48. The Morgan fingerprint density at radius 1 is 0.759 bits per heavy atom. The highest BCUT2D eigenvalue weighted by molar-refractivity contribution is 6.37. The van der Waals surface area contributed by atoms with Crippen LogP contribution in [0.3, 0.4) is 0 Å². The summed E-state index contributed by atoms with van der Waals surface area (Å²) in [5, 5.41) is 1.69. The van der Waals surface area contributed by atoms with Crippen LogP contribution in [-0.4, -0.2) is 9.13 Å². The maximum atomic E-state index is 2.51. The Morgan fingerprint density at radius 2 is 1.31 bits per heavy atom. The molecule has 152 valence electrons. The van der Waals surface area contributed by atoms with E-state index in [0.29, 0.717) is 20.5 Å². The summed E-state index contributed by atoms with van der Waals surface area (Å²) in [6.45, 7) is 23.9. The molecule has 4 aliphatic rings. The molecule has 2 unspecified atom stereocenters. The fourth-order valence-electron chi connectivity index (χ4n) is 5.73. The van der Waals surface area contributed by atoms with Gasteiger partial charge in [-0.1, -0.05) is 80.5 Å². The molecule has 0 radical (unpaired) electrons. The molecular formula is C28H36Si. The van der Waals surface area contributed by atoms with Gasteiger partial charge in [-0.2, -0.15) is 0 Å². The molecule has 6 rings (SSSR count). The van der Waals surface area contributed by atoms with Gasteiger partial charge in [-0.05, 0) is 83.3 Å². The lowest BCUT2D eigenvalue weighted by Gasteiger charge is -2.28. The molecule has 1 heterocycles. The van der Waals surface area contributed by atoms with Crippen molar-refractivity contribution < 1.29 is 0 Å². The van der Waals surface area contributed by atoms with Crippen LogP contribution in [0.15, 0.2) is 18.2 Å². The number of hydrogen-bond acceptors (Lipinski definition) is 0. The average Bonchev–Trinajstić information content (AvgIpc) is 3.06. The summed E-state index contributed by atoms with van der Waals surface area (Å²) >= 11 is 0. The minimum Gasteiger partial charge on any atom is -0.0596 e. The highest BCUT2D eigenvalue weighted by atomic mass is 28.2. The topological polar surface area (TPSA) is 0 Å². The second-order valence-corrected chi connectivity index (χ2v) is 14.4. The van der Waals surface area contributed by atoms with E-state index >= 15 is 0 Å². The number of hydrogen-bond donors (Lipinski definition) is 0. The zero-order chi connectivity index (χ0) is 21.3. The third-order valence-corrected chi connectivity index (χ3v) is 10.3. The molecule has 6 bridgehead atoms. The minimum atomic E-state index is 0.167. The number of benzene rings is 2. The molecule has 0 aromatic heterocycles. The summed E-state index contributed by atoms with van der Waals surface area (Å²) in [5.74, 6) is 0.680. The predicted octanol–water partition coefficient (Wildman–Crippen LogP) is 6.40. The van der Waals surface area contributed by atoms with Gasteiger partial charge >= 0.3 is 0 Å². The van der Waals surface area contributed by atoms with E-state index in [2.05, 4.69) is 87.4 Å². The maximum absolute atomic E-state index is 2.51. The zero-order valence-corrected chi connectivity index (χ0v) is 21.1. The summed E-state index contributed by atoms with van der Waals surface area (Å²) in [4.78, 5) is 1.75. The lowest BCUT2D eigenvalue weighted by molar-refractivity contribution is 0.424. The first-order chi connectivity index (χ1) is 13.2. The van der Waals surface area contributed by atoms with Crippen molar-refractivity contribution in [3.05, 3.63) is 56.0 Å². The normalized spacial score (nSPS) is 21.7. The molecule has 1 aliphatic heterocycles. The van der Waals surface area contributed by atoms with Gasteiger partial charge in [-0.15, -0.1) is 0 Å². The van der Waals surface area contributed by atoms with Crippen molar-refractivity contribution in [3.63, 3.8) is 0 Å². The van der Waals surface area contributed by atoms with Gasteiger partial charge in [0, 0.05) is 15.0 Å². The molecule has 0 fully saturated rings. The van der Waals surface area contributed by atoms with Gasteiger partial charge in [0.2, 0.25) is 0 Å². The van der Waals surface area contributed by atoms with Crippen LogP contribution in [0.2, 0.25) is 5.54 Å². The molecule has 2 aromatic rings. The van der Waals surface area contributed by atoms with Gasteiger partial charge < -0.3 is 0 Å². The Morgan fingerprint density at radius 3 is 1.79 bits per heavy atom. The average molecular weight is 401 g/mol. The fraction of sp³-hybridized carbons (Fsp3) is 0.536. The Hall–Kier alpha value is -1.47. The van der Waals surface area contributed by atoms with Crippen LogP contribution in [0, 0.1) is 17.2 Å². The molecule has 29 heavy (non-hydrogen) atoms. The smallest absolute Gasteiger partial charge is 0.0326 e. The van der Waals surface area contributed by atoms with Crippen LogP contribution in [0.25, 0.3) is 16.7 Å². The second-order valence-electron chi connectivity index (χ2n) is 12.8. The van der Waals surface area contributed by atoms with Gasteiger partial charge in [0.05, 0.1) is 0 Å². The fourth-order valence-corrected chi connectivity index (χ4v) is 7.99. The van der Waals surface area contributed by atoms with Gasteiger partial charge in [0.15, 0.2) is 0 Å². The molecule has 1 heteroatoms. The number of rotatable bonds is 1. The van der Waals surface area contributed by atoms with Crippen molar-refractivity contribution in [1.82, 2.24) is 0 Å². The van der Waals surface area contributed by atoms with Crippen molar-refractivity contribution in [2.45, 2.75) is 91.5 Å². The molecule has 0 nitrogen and oxygen atoms in total. The molecule has 3 aliphatic carbocycles. The highest BCUT2D eigenvalue weighted by Gasteiger charge is 2.52. The van der Waals surface area contributed by atoms with Crippen LogP contribution >= 0.6 is 0 Å². The molecule has 0 saturated carbocycles. The Kier molecular flexibility index (Phi) is 3.64. The van der Waals surface area contributed by atoms with Crippen molar-refractivity contribution in [2.24, 2.45) is 5.41 Å². The van der Waals surface area contributed by atoms with E-state index in [1.807, 2.05) is 5.57 Å². The van der Waals surface area contributed by atoms with Crippen molar-refractivity contribution in [2.75, 3.05) is 0 Å². The summed E-state index contributed by atoms with van der Waals surface area (Å²) < 4.78 is 0. The lowest BCUT2D eigenvalue weighted by Crippen LogP contribution is -2.19. The molecule has 0 N–H and O–H groups in total. The van der Waals surface area contributed by atoms with E-state index in [0.717, 1.165) is 5.54 Å². The van der Waals surface area contributed by atoms with E-state index in [1.165, 1.54) is 16.7 Å². The summed E-state index contributed by atoms with van der Waals surface area (Å²) in [6.07, 6.45) is 0. The van der Waals surface area contributed by atoms with E-state index in [-0.39, 0.29) is 10.8 Å². The monoisotopic (exact) mass is 400 g/mol. The van der Waals surface area contributed by atoms with Crippen LogP contribution in [0.5, 0.6) is 0 Å². The van der Waals surface area contributed by atoms with Crippen LogP contribution in [0.1, 0.15) is 96.0 Å². The third kappa shape index (κ3) is 2.59. The standard InChI is InChI=1S/C28H36Si/c1-14-18-20-19(22-23(21(18)20)25(28(8,9)10)29-24(14)22)15-11-16(26(2,3)4)13-17(12-15)27(5,6)7/h11-13,21,25,29H,1-10H3. The Bertz CT molecular complexity index is 1170. The van der Waals surface area contributed by atoms with Crippen LogP contribution in [0.4, 0.5) is 0 Å². The van der Waals surface area contributed by atoms with Crippen LogP contribution in [-0.2, 0) is 10.8 Å². The van der Waals surface area contributed by atoms with E-state index in [4.69, 9.17) is 0 Å². The van der Waals surface area contributed by atoms with Gasteiger partial charge in [0.25, 0.3) is 0 Å². The summed E-state index contributed by atoms with van der Waals surface area (Å²) in [7, 11) is 0.359. The van der Waals surface area contributed by atoms with Crippen LogP contribution < -0.4 is 5.22 Å². The first kappa shape index (κ1) is 19.5. The van der Waals surface area contributed by atoms with E-state index < -0.39 is 0 Å². The minimum absolute atomic E-state index is 0.167. The second kappa shape index (κ2) is 5.41. The molecule has 2 aromatic carbocycles. The largest absolute Gasteiger partial charge is 0.0596 e. The zero-order valence-electron chi connectivity index (χ0n) is 20.0. The Balaban J connectivity index is 1.82. The quantitative estimate of drug-likeness (QED) is 0.486. The molecule has 0 amide bonds. The third-order valence-electron chi connectivity index (χ3n) is 7.54.